The van der Waals surface area contributed by atoms with E-state index >= 15 is 0 Å². The first kappa shape index (κ1) is 23.1. The molecule has 3 rings (SSSR count). The van der Waals surface area contributed by atoms with Gasteiger partial charge in [0.25, 0.3) is 0 Å². The second kappa shape index (κ2) is 11.7. The fraction of sp³-hybridized carbons (Fsp3) is 0.583. The predicted molar refractivity (Wildman–Crippen MR) is 130 cm³/mol. The van der Waals surface area contributed by atoms with E-state index in [-0.39, 0.29) is 0 Å². The molecule has 0 spiro atoms. The quantitative estimate of drug-likeness (QED) is 0.367. The summed E-state index contributed by atoms with van der Waals surface area (Å²) < 4.78 is 1.93. The standard InChI is InChI=1S/C24H39N7/c1-5-25-24(27-19-23-20(2)28-29(4)21(23)3)26-13-9-10-14-30-15-17-31(18-16-30)22-11-7-6-8-12-22/h6-8,11-12H,5,9-10,13-19H2,1-4H3,(H2,25,26,27). The van der Waals surface area contributed by atoms with Crippen molar-refractivity contribution in [1.82, 2.24) is 25.3 Å². The zero-order valence-corrected chi connectivity index (χ0v) is 19.7. The summed E-state index contributed by atoms with van der Waals surface area (Å²) in [6.45, 7) is 14.4. The minimum atomic E-state index is 0.659. The number of aryl methyl sites for hydroxylation is 2. The van der Waals surface area contributed by atoms with E-state index in [0.717, 1.165) is 57.3 Å². The van der Waals surface area contributed by atoms with E-state index in [1.807, 2.05) is 11.7 Å². The highest BCUT2D eigenvalue weighted by molar-refractivity contribution is 5.79. The Morgan fingerprint density at radius 1 is 1.03 bits per heavy atom. The summed E-state index contributed by atoms with van der Waals surface area (Å²) >= 11 is 0. The van der Waals surface area contributed by atoms with Crippen LogP contribution in [0.4, 0.5) is 5.69 Å². The van der Waals surface area contributed by atoms with Gasteiger partial charge in [0.05, 0.1) is 12.2 Å². The van der Waals surface area contributed by atoms with Crippen LogP contribution in [-0.4, -0.2) is 66.5 Å². The molecule has 170 valence electrons. The maximum Gasteiger partial charge on any atom is 0.191 e. The number of aliphatic imine (C=N–C) groups is 1. The molecular formula is C24H39N7. The van der Waals surface area contributed by atoms with Crippen LogP contribution in [0.5, 0.6) is 0 Å². The molecule has 0 aliphatic carbocycles. The molecule has 0 bridgehead atoms. The Labute approximate surface area is 187 Å². The highest BCUT2D eigenvalue weighted by Gasteiger charge is 2.16. The lowest BCUT2D eigenvalue weighted by Crippen LogP contribution is -2.46. The zero-order chi connectivity index (χ0) is 22.1. The van der Waals surface area contributed by atoms with Crippen LogP contribution in [0.15, 0.2) is 35.3 Å². The number of guanidine groups is 1. The van der Waals surface area contributed by atoms with Gasteiger partial charge >= 0.3 is 0 Å². The van der Waals surface area contributed by atoms with Gasteiger partial charge in [-0.15, -0.1) is 0 Å². The fourth-order valence-electron chi connectivity index (χ4n) is 4.08. The normalized spacial score (nSPS) is 15.4. The number of unbranched alkanes of at least 4 members (excludes halogenated alkanes) is 1. The topological polar surface area (TPSA) is 60.7 Å². The molecule has 1 aliphatic heterocycles. The van der Waals surface area contributed by atoms with Crippen molar-refractivity contribution in [2.45, 2.75) is 40.2 Å². The van der Waals surface area contributed by atoms with E-state index in [2.05, 4.69) is 76.6 Å². The summed E-state index contributed by atoms with van der Waals surface area (Å²) in [5, 5.41) is 11.3. The number of nitrogens with zero attached hydrogens (tertiary/aromatic N) is 5. The van der Waals surface area contributed by atoms with Crippen molar-refractivity contribution in [1.29, 1.82) is 0 Å². The Bertz CT molecular complexity index is 820. The van der Waals surface area contributed by atoms with Gasteiger partial charge in [-0.3, -0.25) is 9.58 Å². The molecule has 7 heteroatoms. The lowest BCUT2D eigenvalue weighted by atomic mass is 10.2. The SMILES string of the molecule is CCNC(=NCc1c(C)nn(C)c1C)NCCCCN1CCN(c2ccccc2)CC1. The fourth-order valence-corrected chi connectivity index (χ4v) is 4.08. The molecule has 1 aromatic heterocycles. The van der Waals surface area contributed by atoms with Gasteiger partial charge in [0.1, 0.15) is 0 Å². The highest BCUT2D eigenvalue weighted by atomic mass is 15.3. The lowest BCUT2D eigenvalue weighted by Gasteiger charge is -2.36. The van der Waals surface area contributed by atoms with Gasteiger partial charge in [-0.1, -0.05) is 18.2 Å². The summed E-state index contributed by atoms with van der Waals surface area (Å²) in [7, 11) is 1.99. The van der Waals surface area contributed by atoms with Crippen molar-refractivity contribution in [2.75, 3.05) is 50.7 Å². The molecule has 2 N–H and O–H groups in total. The Morgan fingerprint density at radius 3 is 2.42 bits per heavy atom. The van der Waals surface area contributed by atoms with Crippen molar-refractivity contribution in [3.63, 3.8) is 0 Å². The van der Waals surface area contributed by atoms with E-state index in [1.54, 1.807) is 0 Å². The smallest absolute Gasteiger partial charge is 0.191 e. The van der Waals surface area contributed by atoms with E-state index in [0.29, 0.717) is 6.54 Å². The summed E-state index contributed by atoms with van der Waals surface area (Å²) in [5.41, 5.74) is 4.81. The van der Waals surface area contributed by atoms with Crippen molar-refractivity contribution in [2.24, 2.45) is 12.0 Å². The second-order valence-electron chi connectivity index (χ2n) is 8.27. The van der Waals surface area contributed by atoms with Gasteiger partial charge in [0.2, 0.25) is 0 Å². The summed E-state index contributed by atoms with van der Waals surface area (Å²) in [6, 6.07) is 10.8. The van der Waals surface area contributed by atoms with Gasteiger partial charge in [-0.2, -0.15) is 5.10 Å². The first-order valence-corrected chi connectivity index (χ1v) is 11.6. The summed E-state index contributed by atoms with van der Waals surface area (Å²) in [4.78, 5) is 9.85. The number of piperazine rings is 1. The Kier molecular flexibility index (Phi) is 8.76. The van der Waals surface area contributed by atoms with E-state index in [1.165, 1.54) is 29.9 Å². The van der Waals surface area contributed by atoms with Crippen molar-refractivity contribution in [3.8, 4) is 0 Å². The van der Waals surface area contributed by atoms with Gasteiger partial charge in [0, 0.05) is 63.3 Å². The number of anilines is 1. The molecule has 0 radical (unpaired) electrons. The molecule has 1 saturated heterocycles. The van der Waals surface area contributed by atoms with Crippen LogP contribution in [0.2, 0.25) is 0 Å². The molecule has 0 saturated carbocycles. The lowest BCUT2D eigenvalue weighted by molar-refractivity contribution is 0.253. The summed E-state index contributed by atoms with van der Waals surface area (Å²) in [6.07, 6.45) is 2.35. The third kappa shape index (κ3) is 6.72. The van der Waals surface area contributed by atoms with Gasteiger partial charge in [0.15, 0.2) is 5.96 Å². The molecule has 2 heterocycles. The highest BCUT2D eigenvalue weighted by Crippen LogP contribution is 2.16. The van der Waals surface area contributed by atoms with Crippen molar-refractivity contribution in [3.05, 3.63) is 47.3 Å². The molecule has 31 heavy (non-hydrogen) atoms. The third-order valence-corrected chi connectivity index (χ3v) is 6.09. The van der Waals surface area contributed by atoms with E-state index in [9.17, 15) is 0 Å². The number of benzene rings is 1. The molecule has 1 aromatic carbocycles. The average molecular weight is 426 g/mol. The molecule has 0 unspecified atom stereocenters. The number of rotatable bonds is 9. The van der Waals surface area contributed by atoms with Crippen molar-refractivity contribution < 1.29 is 0 Å². The number of hydrogen-bond acceptors (Lipinski definition) is 4. The molecule has 0 atom stereocenters. The monoisotopic (exact) mass is 425 g/mol. The van der Waals surface area contributed by atoms with Crippen molar-refractivity contribution >= 4 is 11.6 Å². The first-order valence-electron chi connectivity index (χ1n) is 11.6. The average Bonchev–Trinajstić information content (AvgIpc) is 3.03. The molecule has 7 nitrogen and oxygen atoms in total. The number of para-hydroxylation sites is 1. The maximum absolute atomic E-state index is 4.77. The molecule has 1 aliphatic rings. The van der Waals surface area contributed by atoms with Crippen LogP contribution in [0.3, 0.4) is 0 Å². The Hall–Kier alpha value is -2.54. The van der Waals surface area contributed by atoms with Crippen LogP contribution in [0.25, 0.3) is 0 Å². The Balaban J connectivity index is 1.35. The van der Waals surface area contributed by atoms with Gasteiger partial charge in [-0.05, 0) is 52.3 Å². The minimum Gasteiger partial charge on any atom is -0.369 e. The van der Waals surface area contributed by atoms with Crippen LogP contribution >= 0.6 is 0 Å². The minimum absolute atomic E-state index is 0.659. The van der Waals surface area contributed by atoms with Crippen LogP contribution in [-0.2, 0) is 13.6 Å². The van der Waals surface area contributed by atoms with Crippen LogP contribution in [0.1, 0.15) is 36.7 Å². The third-order valence-electron chi connectivity index (χ3n) is 6.09. The van der Waals surface area contributed by atoms with Gasteiger partial charge in [-0.25, -0.2) is 4.99 Å². The van der Waals surface area contributed by atoms with Gasteiger partial charge < -0.3 is 15.5 Å². The number of nitrogens with one attached hydrogen (secondary N) is 2. The maximum atomic E-state index is 4.77. The van der Waals surface area contributed by atoms with E-state index in [4.69, 9.17) is 4.99 Å². The number of aromatic nitrogens is 2. The van der Waals surface area contributed by atoms with E-state index < -0.39 is 0 Å². The first-order chi connectivity index (χ1) is 15.1. The Morgan fingerprint density at radius 2 is 1.77 bits per heavy atom. The molecule has 2 aromatic rings. The molecular weight excluding hydrogens is 386 g/mol. The zero-order valence-electron chi connectivity index (χ0n) is 19.7. The largest absolute Gasteiger partial charge is 0.369 e. The van der Waals surface area contributed by atoms with Crippen LogP contribution < -0.4 is 15.5 Å². The number of hydrogen-bond donors (Lipinski definition) is 2. The van der Waals surface area contributed by atoms with Crippen LogP contribution in [0, 0.1) is 13.8 Å². The molecule has 1 fully saturated rings. The second-order valence-corrected chi connectivity index (χ2v) is 8.27. The molecule has 0 amide bonds. The predicted octanol–water partition coefficient (Wildman–Crippen LogP) is 2.69. The summed E-state index contributed by atoms with van der Waals surface area (Å²) in [5.74, 6) is 0.890.